The van der Waals surface area contributed by atoms with Crippen molar-refractivity contribution in [1.29, 1.82) is 0 Å². The minimum Gasteiger partial charge on any atom is -0.450 e. The predicted molar refractivity (Wildman–Crippen MR) is 105 cm³/mol. The van der Waals surface area contributed by atoms with Crippen LogP contribution in [0.1, 0.15) is 12.0 Å². The topological polar surface area (TPSA) is 32.8 Å². The van der Waals surface area contributed by atoms with E-state index in [2.05, 4.69) is 19.6 Å². The number of rotatable bonds is 5. The first kappa shape index (κ1) is 21.2. The number of ether oxygens (including phenoxy) is 1. The molecule has 0 saturated carbocycles. The van der Waals surface area contributed by atoms with Gasteiger partial charge in [-0.05, 0) is 18.0 Å². The Morgan fingerprint density at radius 3 is 2.46 bits per heavy atom. The lowest BCUT2D eigenvalue weighted by molar-refractivity contribution is -0.187. The number of alkyl halides is 3. The first-order valence-electron chi connectivity index (χ1n) is 9.83. The Morgan fingerprint density at radius 1 is 1.18 bits per heavy atom. The number of likely N-dealkylation sites (tertiary alicyclic amines) is 2. The molecule has 0 spiro atoms. The van der Waals surface area contributed by atoms with Crippen molar-refractivity contribution in [2.75, 3.05) is 19.7 Å². The zero-order chi connectivity index (χ0) is 20.5. The third-order valence-corrected chi connectivity index (χ3v) is 7.32. The van der Waals surface area contributed by atoms with E-state index in [4.69, 9.17) is 4.74 Å². The van der Waals surface area contributed by atoms with Crippen LogP contribution in [0.5, 0.6) is 0 Å². The summed E-state index contributed by atoms with van der Waals surface area (Å²) in [6, 6.07) is 8.25. The van der Waals surface area contributed by atoms with Gasteiger partial charge in [-0.1, -0.05) is 50.0 Å². The van der Waals surface area contributed by atoms with E-state index in [-0.39, 0.29) is 19.1 Å². The number of fused-ring (bicyclic) bond motifs is 2. The van der Waals surface area contributed by atoms with Crippen LogP contribution in [0.25, 0.3) is 0 Å². The molecule has 0 radical (unpaired) electrons. The summed E-state index contributed by atoms with van der Waals surface area (Å²) in [7, 11) is -1.33. The highest BCUT2D eigenvalue weighted by Gasteiger charge is 2.57. The SMILES string of the molecule is C[Si](C)(C)CCOC(=O)N1CC2CC(C1)N(Cc1ccccc1)[C@@H]2C(F)(F)F. The van der Waals surface area contributed by atoms with Crippen LogP contribution < -0.4 is 0 Å². The Kier molecular flexibility index (Phi) is 6.10. The number of nitrogens with zero attached hydrogens (tertiary/aromatic N) is 2. The Labute approximate surface area is 165 Å². The number of amides is 1. The first-order valence-corrected chi connectivity index (χ1v) is 13.5. The normalized spacial score (nSPS) is 25.8. The lowest BCUT2D eigenvalue weighted by Gasteiger charge is -2.32. The molecule has 2 fully saturated rings. The molecule has 2 unspecified atom stereocenters. The van der Waals surface area contributed by atoms with Gasteiger partial charge in [0.05, 0.1) is 6.61 Å². The summed E-state index contributed by atoms with van der Waals surface area (Å²) in [5.41, 5.74) is 0.855. The van der Waals surface area contributed by atoms with Gasteiger partial charge in [0.1, 0.15) is 6.04 Å². The van der Waals surface area contributed by atoms with Crippen LogP contribution in [-0.2, 0) is 11.3 Å². The first-order chi connectivity index (χ1) is 13.0. The number of hydrogen-bond acceptors (Lipinski definition) is 3. The van der Waals surface area contributed by atoms with Gasteiger partial charge in [0.2, 0.25) is 0 Å². The van der Waals surface area contributed by atoms with Crippen molar-refractivity contribution in [3.63, 3.8) is 0 Å². The second-order valence-electron chi connectivity index (χ2n) is 9.12. The third-order valence-electron chi connectivity index (χ3n) is 5.61. The smallest absolute Gasteiger partial charge is 0.409 e. The summed E-state index contributed by atoms with van der Waals surface area (Å²) in [5.74, 6) is -0.605. The molecule has 156 valence electrons. The quantitative estimate of drug-likeness (QED) is 0.660. The molecule has 2 aliphatic heterocycles. The summed E-state index contributed by atoms with van der Waals surface area (Å²) >= 11 is 0. The second-order valence-corrected chi connectivity index (χ2v) is 14.7. The molecule has 0 N–H and O–H groups in total. The van der Waals surface area contributed by atoms with E-state index in [0.717, 1.165) is 11.6 Å². The summed E-state index contributed by atoms with van der Waals surface area (Å²) in [5, 5.41) is 0. The molecular formula is C20H29F3N2O2Si. The van der Waals surface area contributed by atoms with Gasteiger partial charge in [0, 0.05) is 39.7 Å². The average molecular weight is 415 g/mol. The maximum atomic E-state index is 13.8. The standard InChI is InChI=1S/C20H29F3N2O2Si/c1-28(2,3)10-9-27-19(26)24-13-16-11-17(14-24)25(18(16)20(21,22)23)12-15-7-5-4-6-8-15/h4-8,16-18H,9-14H2,1-3H3/t16?,17?,18-/m0/s1. The van der Waals surface area contributed by atoms with Crippen LogP contribution in [0.3, 0.4) is 0 Å². The maximum absolute atomic E-state index is 13.8. The molecule has 28 heavy (non-hydrogen) atoms. The number of carbonyl (C=O) groups is 1. The van der Waals surface area contributed by atoms with Crippen molar-refractivity contribution in [3.05, 3.63) is 35.9 Å². The molecule has 2 bridgehead atoms. The fourth-order valence-corrected chi connectivity index (χ4v) is 4.95. The van der Waals surface area contributed by atoms with Crippen LogP contribution in [0.2, 0.25) is 25.7 Å². The summed E-state index contributed by atoms with van der Waals surface area (Å²) < 4.78 is 46.9. The molecule has 3 rings (SSSR count). The second kappa shape index (κ2) is 8.06. The lowest BCUT2D eigenvalue weighted by atomic mass is 9.95. The van der Waals surface area contributed by atoms with Crippen LogP contribution in [0.4, 0.5) is 18.0 Å². The number of halogens is 3. The Bertz CT molecular complexity index is 678. The van der Waals surface area contributed by atoms with Crippen molar-refractivity contribution in [2.24, 2.45) is 5.92 Å². The van der Waals surface area contributed by atoms with Gasteiger partial charge in [-0.15, -0.1) is 0 Å². The molecule has 2 saturated heterocycles. The van der Waals surface area contributed by atoms with E-state index in [1.165, 1.54) is 9.80 Å². The van der Waals surface area contributed by atoms with Gasteiger partial charge in [0.25, 0.3) is 0 Å². The number of hydrogen-bond donors (Lipinski definition) is 0. The largest absolute Gasteiger partial charge is 0.450 e. The molecule has 3 atom stereocenters. The molecule has 4 nitrogen and oxygen atoms in total. The summed E-state index contributed by atoms with van der Waals surface area (Å²) in [4.78, 5) is 15.5. The fourth-order valence-electron chi connectivity index (χ4n) is 4.24. The molecule has 2 aliphatic rings. The fraction of sp³-hybridized carbons (Fsp3) is 0.650. The maximum Gasteiger partial charge on any atom is 0.409 e. The van der Waals surface area contributed by atoms with Gasteiger partial charge in [-0.3, -0.25) is 4.90 Å². The molecule has 2 heterocycles. The van der Waals surface area contributed by atoms with E-state index in [1.54, 1.807) is 0 Å². The van der Waals surface area contributed by atoms with E-state index < -0.39 is 32.3 Å². The van der Waals surface area contributed by atoms with Crippen molar-refractivity contribution >= 4 is 14.2 Å². The van der Waals surface area contributed by atoms with Gasteiger partial charge in [-0.2, -0.15) is 13.2 Å². The van der Waals surface area contributed by atoms with E-state index in [1.807, 2.05) is 30.3 Å². The highest BCUT2D eigenvalue weighted by molar-refractivity contribution is 6.76. The van der Waals surface area contributed by atoms with Crippen LogP contribution >= 0.6 is 0 Å². The molecule has 1 aromatic rings. The van der Waals surface area contributed by atoms with Gasteiger partial charge in [-0.25, -0.2) is 4.79 Å². The molecular weight excluding hydrogens is 385 g/mol. The Balaban J connectivity index is 1.70. The molecule has 1 aromatic carbocycles. The van der Waals surface area contributed by atoms with Crippen molar-refractivity contribution < 1.29 is 22.7 Å². The van der Waals surface area contributed by atoms with Crippen molar-refractivity contribution in [3.8, 4) is 0 Å². The minimum absolute atomic E-state index is 0.109. The average Bonchev–Trinajstić information content (AvgIpc) is 2.84. The number of carbonyl (C=O) groups excluding carboxylic acids is 1. The highest BCUT2D eigenvalue weighted by Crippen LogP contribution is 2.43. The monoisotopic (exact) mass is 414 g/mol. The van der Waals surface area contributed by atoms with E-state index in [0.29, 0.717) is 19.6 Å². The Morgan fingerprint density at radius 2 is 1.86 bits per heavy atom. The van der Waals surface area contributed by atoms with Crippen LogP contribution in [-0.4, -0.2) is 61.9 Å². The molecule has 0 aromatic heterocycles. The molecule has 8 heteroatoms. The zero-order valence-electron chi connectivity index (χ0n) is 16.7. The van der Waals surface area contributed by atoms with Crippen molar-refractivity contribution in [1.82, 2.24) is 9.80 Å². The van der Waals surface area contributed by atoms with Gasteiger partial charge >= 0.3 is 12.3 Å². The number of piperidine rings is 1. The Hall–Kier alpha value is -1.54. The molecule has 0 aliphatic carbocycles. The van der Waals surface area contributed by atoms with Crippen LogP contribution in [0, 0.1) is 5.92 Å². The third kappa shape index (κ3) is 5.08. The summed E-state index contributed by atoms with van der Waals surface area (Å²) in [6.45, 7) is 7.56. The zero-order valence-corrected chi connectivity index (χ0v) is 17.7. The summed E-state index contributed by atoms with van der Waals surface area (Å²) in [6.07, 6.45) is -4.32. The predicted octanol–water partition coefficient (Wildman–Crippen LogP) is 4.60. The minimum atomic E-state index is -4.31. The van der Waals surface area contributed by atoms with Gasteiger partial charge in [0.15, 0.2) is 0 Å². The van der Waals surface area contributed by atoms with Crippen LogP contribution in [0.15, 0.2) is 30.3 Å². The van der Waals surface area contributed by atoms with Crippen molar-refractivity contribution in [2.45, 2.75) is 56.9 Å². The lowest BCUT2D eigenvalue weighted by Crippen LogP contribution is -2.46. The number of benzene rings is 1. The van der Waals surface area contributed by atoms with Gasteiger partial charge < -0.3 is 9.64 Å². The van der Waals surface area contributed by atoms with E-state index >= 15 is 0 Å². The molecule has 1 amide bonds. The highest BCUT2D eigenvalue weighted by atomic mass is 28.3. The van der Waals surface area contributed by atoms with E-state index in [9.17, 15) is 18.0 Å².